The molecular weight excluding hydrogens is 234 g/mol. The van der Waals surface area contributed by atoms with Crippen LogP contribution in [0.4, 0.5) is 0 Å². The van der Waals surface area contributed by atoms with Gasteiger partial charge in [-0.25, -0.2) is 0 Å². The lowest BCUT2D eigenvalue weighted by Gasteiger charge is -2.40. The molecule has 0 N–H and O–H groups in total. The van der Waals surface area contributed by atoms with Crippen molar-refractivity contribution in [3.63, 3.8) is 0 Å². The molecule has 0 aromatic heterocycles. The lowest BCUT2D eigenvalue weighted by Crippen LogP contribution is -2.48. The summed E-state index contributed by atoms with van der Waals surface area (Å²) in [6.07, 6.45) is 10.3. The molecular formula is C17H31NO. The molecule has 0 aromatic carbocycles. The molecule has 2 nitrogen and oxygen atoms in total. The molecule has 3 unspecified atom stereocenters. The van der Waals surface area contributed by atoms with Gasteiger partial charge in [-0.1, -0.05) is 39.0 Å². The number of rotatable bonds is 1. The van der Waals surface area contributed by atoms with Gasteiger partial charge >= 0.3 is 0 Å². The van der Waals surface area contributed by atoms with Gasteiger partial charge in [0.1, 0.15) is 0 Å². The maximum atomic E-state index is 12.7. The first kappa shape index (κ1) is 14.9. The van der Waals surface area contributed by atoms with E-state index in [1.807, 2.05) is 0 Å². The van der Waals surface area contributed by atoms with E-state index in [1.54, 1.807) is 0 Å². The minimum absolute atomic E-state index is 0.338. The highest BCUT2D eigenvalue weighted by molar-refractivity contribution is 5.80. The number of fused-ring (bicyclic) bond motifs is 1. The average Bonchev–Trinajstić information content (AvgIpc) is 2.36. The molecule has 2 fully saturated rings. The molecule has 2 aliphatic rings. The van der Waals surface area contributed by atoms with E-state index in [1.165, 1.54) is 44.9 Å². The van der Waals surface area contributed by atoms with Crippen molar-refractivity contribution >= 4 is 5.91 Å². The van der Waals surface area contributed by atoms with E-state index in [9.17, 15) is 4.79 Å². The van der Waals surface area contributed by atoms with Crippen LogP contribution >= 0.6 is 0 Å². The monoisotopic (exact) mass is 265 g/mol. The third kappa shape index (κ3) is 3.73. The largest absolute Gasteiger partial charge is 0.340 e. The SMILES string of the molecule is CC1CCCCC2C(=O)N(C(C)C)CCC2CCC1. The first-order chi connectivity index (χ1) is 9.09. The van der Waals surface area contributed by atoms with Crippen LogP contribution in [0.1, 0.15) is 72.1 Å². The van der Waals surface area contributed by atoms with Crippen molar-refractivity contribution in [2.75, 3.05) is 6.54 Å². The maximum Gasteiger partial charge on any atom is 0.226 e. The highest BCUT2D eigenvalue weighted by Crippen LogP contribution is 2.35. The Morgan fingerprint density at radius 2 is 1.68 bits per heavy atom. The first-order valence-corrected chi connectivity index (χ1v) is 8.40. The van der Waals surface area contributed by atoms with E-state index in [0.717, 1.165) is 18.9 Å². The van der Waals surface area contributed by atoms with Crippen LogP contribution in [-0.2, 0) is 4.79 Å². The Kier molecular flexibility index (Phi) is 5.29. The van der Waals surface area contributed by atoms with Crippen LogP contribution in [0.2, 0.25) is 0 Å². The molecule has 0 bridgehead atoms. The molecule has 19 heavy (non-hydrogen) atoms. The summed E-state index contributed by atoms with van der Waals surface area (Å²) in [6.45, 7) is 7.69. The topological polar surface area (TPSA) is 20.3 Å². The number of likely N-dealkylation sites (tertiary alicyclic amines) is 1. The van der Waals surface area contributed by atoms with Crippen LogP contribution in [0.3, 0.4) is 0 Å². The standard InChI is InChI=1S/C17H31NO/c1-13(2)18-12-11-15-9-6-8-14(3)7-4-5-10-16(15)17(18)19/h13-16H,4-12H2,1-3H3. The number of hydrogen-bond donors (Lipinski definition) is 0. The third-order valence-corrected chi connectivity index (χ3v) is 5.27. The van der Waals surface area contributed by atoms with E-state index in [4.69, 9.17) is 0 Å². The van der Waals surface area contributed by atoms with Gasteiger partial charge in [-0.3, -0.25) is 4.79 Å². The Bertz CT molecular complexity index is 298. The summed E-state index contributed by atoms with van der Waals surface area (Å²) < 4.78 is 0. The summed E-state index contributed by atoms with van der Waals surface area (Å²) in [5.74, 6) is 2.36. The molecule has 2 rings (SSSR count). The summed E-state index contributed by atoms with van der Waals surface area (Å²) in [5, 5.41) is 0. The van der Waals surface area contributed by atoms with Crippen LogP contribution < -0.4 is 0 Å². The van der Waals surface area contributed by atoms with Crippen molar-refractivity contribution in [3.05, 3.63) is 0 Å². The number of carbonyl (C=O) groups is 1. The van der Waals surface area contributed by atoms with E-state index in [2.05, 4.69) is 25.7 Å². The molecule has 1 amide bonds. The quantitative estimate of drug-likeness (QED) is 0.694. The Morgan fingerprint density at radius 3 is 2.42 bits per heavy atom. The van der Waals surface area contributed by atoms with Crippen molar-refractivity contribution in [1.29, 1.82) is 0 Å². The minimum atomic E-state index is 0.338. The van der Waals surface area contributed by atoms with Crippen molar-refractivity contribution in [2.24, 2.45) is 17.8 Å². The minimum Gasteiger partial charge on any atom is -0.340 e. The summed E-state index contributed by atoms with van der Waals surface area (Å²) in [6, 6.07) is 0.379. The van der Waals surface area contributed by atoms with Crippen LogP contribution in [0.25, 0.3) is 0 Å². The first-order valence-electron chi connectivity index (χ1n) is 8.40. The second-order valence-corrected chi connectivity index (χ2v) is 7.10. The van der Waals surface area contributed by atoms with Gasteiger partial charge in [0.25, 0.3) is 0 Å². The highest BCUT2D eigenvalue weighted by atomic mass is 16.2. The van der Waals surface area contributed by atoms with Crippen molar-refractivity contribution in [3.8, 4) is 0 Å². The summed E-state index contributed by atoms with van der Waals surface area (Å²) in [4.78, 5) is 14.8. The molecule has 0 spiro atoms. The van der Waals surface area contributed by atoms with Crippen molar-refractivity contribution < 1.29 is 4.79 Å². The number of carbonyl (C=O) groups excluding carboxylic acids is 1. The van der Waals surface area contributed by atoms with Crippen LogP contribution in [0.15, 0.2) is 0 Å². The second-order valence-electron chi connectivity index (χ2n) is 7.10. The molecule has 0 radical (unpaired) electrons. The molecule has 1 aliphatic heterocycles. The lowest BCUT2D eigenvalue weighted by molar-refractivity contribution is -0.144. The lowest BCUT2D eigenvalue weighted by atomic mass is 9.76. The molecule has 1 saturated heterocycles. The fourth-order valence-electron chi connectivity index (χ4n) is 3.98. The van der Waals surface area contributed by atoms with Crippen molar-refractivity contribution in [2.45, 2.75) is 78.2 Å². The van der Waals surface area contributed by atoms with Crippen LogP contribution in [0.5, 0.6) is 0 Å². The molecule has 1 aliphatic carbocycles. The van der Waals surface area contributed by atoms with E-state index >= 15 is 0 Å². The molecule has 2 heteroatoms. The van der Waals surface area contributed by atoms with Crippen LogP contribution in [0, 0.1) is 17.8 Å². The Hall–Kier alpha value is -0.530. The fraction of sp³-hybridized carbons (Fsp3) is 0.941. The van der Waals surface area contributed by atoms with Gasteiger partial charge in [-0.15, -0.1) is 0 Å². The average molecular weight is 265 g/mol. The second kappa shape index (κ2) is 6.76. The summed E-state index contributed by atoms with van der Waals surface area (Å²) in [5.41, 5.74) is 0. The van der Waals surface area contributed by atoms with E-state index in [0.29, 0.717) is 23.8 Å². The van der Waals surface area contributed by atoms with Gasteiger partial charge in [0.15, 0.2) is 0 Å². The van der Waals surface area contributed by atoms with Gasteiger partial charge in [0.2, 0.25) is 5.91 Å². The Balaban J connectivity index is 2.01. The fourth-order valence-corrected chi connectivity index (χ4v) is 3.98. The zero-order valence-corrected chi connectivity index (χ0v) is 13.0. The predicted octanol–water partition coefficient (Wildman–Crippen LogP) is 4.24. The summed E-state index contributed by atoms with van der Waals surface area (Å²) >= 11 is 0. The molecule has 1 saturated carbocycles. The number of hydrogen-bond acceptors (Lipinski definition) is 1. The zero-order chi connectivity index (χ0) is 13.8. The molecule has 0 aromatic rings. The maximum absolute atomic E-state index is 12.7. The van der Waals surface area contributed by atoms with E-state index < -0.39 is 0 Å². The normalized spacial score (nSPS) is 34.2. The van der Waals surface area contributed by atoms with Gasteiger partial charge in [0, 0.05) is 18.5 Å². The smallest absolute Gasteiger partial charge is 0.226 e. The Morgan fingerprint density at radius 1 is 1.00 bits per heavy atom. The van der Waals surface area contributed by atoms with Gasteiger partial charge in [-0.05, 0) is 44.9 Å². The van der Waals surface area contributed by atoms with Gasteiger partial charge in [0.05, 0.1) is 0 Å². The third-order valence-electron chi connectivity index (χ3n) is 5.27. The number of nitrogens with zero attached hydrogens (tertiary/aromatic N) is 1. The molecule has 1 heterocycles. The number of amides is 1. The highest BCUT2D eigenvalue weighted by Gasteiger charge is 2.36. The number of piperidine rings is 1. The summed E-state index contributed by atoms with van der Waals surface area (Å²) in [7, 11) is 0. The van der Waals surface area contributed by atoms with Crippen LogP contribution in [-0.4, -0.2) is 23.4 Å². The van der Waals surface area contributed by atoms with E-state index in [-0.39, 0.29) is 0 Å². The molecule has 110 valence electrons. The Labute approximate surface area is 118 Å². The molecule has 3 atom stereocenters. The predicted molar refractivity (Wildman–Crippen MR) is 79.9 cm³/mol. The van der Waals surface area contributed by atoms with Crippen molar-refractivity contribution in [1.82, 2.24) is 4.90 Å². The van der Waals surface area contributed by atoms with Gasteiger partial charge < -0.3 is 4.90 Å². The zero-order valence-electron chi connectivity index (χ0n) is 13.0. The van der Waals surface area contributed by atoms with Gasteiger partial charge in [-0.2, -0.15) is 0 Å².